The minimum absolute atomic E-state index is 0.173. The van der Waals surface area contributed by atoms with Gasteiger partial charge in [-0.25, -0.2) is 0 Å². The standard InChI is InChI=1S/C10H9NO6/c12-9(13)5-8(10(14)15)6-1-3-7(4-2-6)11(16)17/h1-4,8H,5H2,(H,12,13)(H,14,15)/t8-/m0/s1. The fourth-order valence-electron chi connectivity index (χ4n) is 1.35. The van der Waals surface area contributed by atoms with E-state index in [0.29, 0.717) is 0 Å². The zero-order valence-corrected chi connectivity index (χ0v) is 8.57. The van der Waals surface area contributed by atoms with E-state index in [0.717, 1.165) is 12.1 Å². The SMILES string of the molecule is O=C(O)C[C@H](C(=O)O)c1ccc([N+](=O)[O-])cc1. The minimum atomic E-state index is -1.28. The molecule has 1 aromatic carbocycles. The highest BCUT2D eigenvalue weighted by Crippen LogP contribution is 2.22. The van der Waals surface area contributed by atoms with Crippen LogP contribution in [0.15, 0.2) is 24.3 Å². The molecule has 0 saturated carbocycles. The number of hydrogen-bond donors (Lipinski definition) is 2. The lowest BCUT2D eigenvalue weighted by atomic mass is 9.96. The molecule has 7 heteroatoms. The Kier molecular flexibility index (Phi) is 3.76. The van der Waals surface area contributed by atoms with Crippen molar-refractivity contribution < 1.29 is 24.7 Å². The van der Waals surface area contributed by atoms with Crippen molar-refractivity contribution in [1.29, 1.82) is 0 Å². The van der Waals surface area contributed by atoms with Crippen molar-refractivity contribution in [3.05, 3.63) is 39.9 Å². The molecule has 0 aliphatic heterocycles. The molecule has 17 heavy (non-hydrogen) atoms. The summed E-state index contributed by atoms with van der Waals surface area (Å²) in [6.07, 6.45) is -0.562. The summed E-state index contributed by atoms with van der Waals surface area (Å²) in [6.45, 7) is 0. The quantitative estimate of drug-likeness (QED) is 0.589. The predicted octanol–water partition coefficient (Wildman–Crippen LogP) is 1.24. The van der Waals surface area contributed by atoms with Crippen molar-refractivity contribution >= 4 is 17.6 Å². The van der Waals surface area contributed by atoms with Gasteiger partial charge in [0.1, 0.15) is 0 Å². The number of nitro benzene ring substituents is 1. The minimum Gasteiger partial charge on any atom is -0.481 e. The van der Waals surface area contributed by atoms with Crippen LogP contribution in [0.4, 0.5) is 5.69 Å². The van der Waals surface area contributed by atoms with Crippen LogP contribution in [-0.2, 0) is 9.59 Å². The van der Waals surface area contributed by atoms with Crippen LogP contribution >= 0.6 is 0 Å². The Labute approximate surface area is 95.5 Å². The molecule has 0 aliphatic rings. The smallest absolute Gasteiger partial charge is 0.311 e. The number of non-ortho nitro benzene ring substituents is 1. The zero-order valence-electron chi connectivity index (χ0n) is 8.57. The summed E-state index contributed by atoms with van der Waals surface area (Å²) in [5.74, 6) is -3.72. The van der Waals surface area contributed by atoms with Crippen LogP contribution in [0.2, 0.25) is 0 Å². The maximum Gasteiger partial charge on any atom is 0.311 e. The molecule has 7 nitrogen and oxygen atoms in total. The summed E-state index contributed by atoms with van der Waals surface area (Å²) < 4.78 is 0. The van der Waals surface area contributed by atoms with Crippen molar-refractivity contribution in [3.8, 4) is 0 Å². The number of benzene rings is 1. The van der Waals surface area contributed by atoms with Gasteiger partial charge in [-0.1, -0.05) is 12.1 Å². The Morgan fingerprint density at radius 3 is 2.12 bits per heavy atom. The van der Waals surface area contributed by atoms with Crippen LogP contribution < -0.4 is 0 Å². The van der Waals surface area contributed by atoms with Crippen LogP contribution in [0.1, 0.15) is 17.9 Å². The lowest BCUT2D eigenvalue weighted by Gasteiger charge is -2.09. The van der Waals surface area contributed by atoms with E-state index in [4.69, 9.17) is 10.2 Å². The average Bonchev–Trinajstić information content (AvgIpc) is 2.25. The number of carboxylic acid groups (broad SMARTS) is 2. The molecule has 0 aromatic heterocycles. The molecular weight excluding hydrogens is 230 g/mol. The van der Waals surface area contributed by atoms with Gasteiger partial charge in [0.2, 0.25) is 0 Å². The van der Waals surface area contributed by atoms with E-state index in [1.54, 1.807) is 0 Å². The van der Waals surface area contributed by atoms with Gasteiger partial charge in [-0.3, -0.25) is 19.7 Å². The van der Waals surface area contributed by atoms with E-state index >= 15 is 0 Å². The Hall–Kier alpha value is -2.44. The largest absolute Gasteiger partial charge is 0.481 e. The van der Waals surface area contributed by atoms with Crippen molar-refractivity contribution in [2.24, 2.45) is 0 Å². The predicted molar refractivity (Wildman–Crippen MR) is 55.7 cm³/mol. The summed E-state index contributed by atoms with van der Waals surface area (Å²) >= 11 is 0. The summed E-state index contributed by atoms with van der Waals surface area (Å²) in [4.78, 5) is 31.1. The molecule has 0 aliphatic carbocycles. The van der Waals surface area contributed by atoms with Crippen LogP contribution in [0, 0.1) is 10.1 Å². The second kappa shape index (κ2) is 5.06. The van der Waals surface area contributed by atoms with Gasteiger partial charge in [-0.15, -0.1) is 0 Å². The van der Waals surface area contributed by atoms with E-state index in [2.05, 4.69) is 0 Å². The number of carbonyl (C=O) groups is 2. The van der Waals surface area contributed by atoms with Gasteiger partial charge in [-0.2, -0.15) is 0 Å². The Morgan fingerprint density at radius 1 is 1.24 bits per heavy atom. The summed E-state index contributed by atoms with van der Waals surface area (Å²) in [7, 11) is 0. The number of carboxylic acids is 2. The van der Waals surface area contributed by atoms with Crippen LogP contribution in [0.3, 0.4) is 0 Å². The van der Waals surface area contributed by atoms with Crippen molar-refractivity contribution in [2.75, 3.05) is 0 Å². The molecule has 0 amide bonds. The lowest BCUT2D eigenvalue weighted by molar-refractivity contribution is -0.384. The zero-order chi connectivity index (χ0) is 13.0. The number of nitro groups is 1. The van der Waals surface area contributed by atoms with Gasteiger partial charge >= 0.3 is 11.9 Å². The maximum absolute atomic E-state index is 10.9. The highest BCUT2D eigenvalue weighted by atomic mass is 16.6. The van der Waals surface area contributed by atoms with Crippen molar-refractivity contribution in [3.63, 3.8) is 0 Å². The third-order valence-corrected chi connectivity index (χ3v) is 2.18. The van der Waals surface area contributed by atoms with Gasteiger partial charge in [0.05, 0.1) is 17.3 Å². The van der Waals surface area contributed by atoms with E-state index in [1.807, 2.05) is 0 Å². The molecule has 0 unspecified atom stereocenters. The molecular formula is C10H9NO6. The van der Waals surface area contributed by atoms with E-state index in [1.165, 1.54) is 12.1 Å². The molecule has 2 N–H and O–H groups in total. The summed E-state index contributed by atoms with van der Waals surface area (Å²) in [6, 6.07) is 4.79. The van der Waals surface area contributed by atoms with Gasteiger partial charge in [0.15, 0.2) is 0 Å². The Bertz CT molecular complexity index is 452. The maximum atomic E-state index is 10.9. The molecule has 0 bridgehead atoms. The first-order valence-corrected chi connectivity index (χ1v) is 4.60. The molecule has 0 fully saturated rings. The van der Waals surface area contributed by atoms with E-state index in [9.17, 15) is 19.7 Å². The number of nitrogens with zero attached hydrogens (tertiary/aromatic N) is 1. The third kappa shape index (κ3) is 3.26. The second-order valence-corrected chi connectivity index (χ2v) is 3.34. The molecule has 0 radical (unpaired) electrons. The highest BCUT2D eigenvalue weighted by Gasteiger charge is 2.23. The average molecular weight is 239 g/mol. The molecule has 90 valence electrons. The summed E-state index contributed by atoms with van der Waals surface area (Å²) in [5.41, 5.74) is 0.0544. The number of rotatable bonds is 5. The molecule has 1 rings (SSSR count). The van der Waals surface area contributed by atoms with Gasteiger partial charge in [0.25, 0.3) is 5.69 Å². The first-order valence-electron chi connectivity index (χ1n) is 4.60. The third-order valence-electron chi connectivity index (χ3n) is 2.18. The fraction of sp³-hybridized carbons (Fsp3) is 0.200. The van der Waals surface area contributed by atoms with Gasteiger partial charge < -0.3 is 10.2 Å². The van der Waals surface area contributed by atoms with Crippen molar-refractivity contribution in [1.82, 2.24) is 0 Å². The van der Waals surface area contributed by atoms with E-state index in [-0.39, 0.29) is 11.3 Å². The molecule has 0 spiro atoms. The molecule has 0 saturated heterocycles. The number of hydrogen-bond acceptors (Lipinski definition) is 4. The fourth-order valence-corrected chi connectivity index (χ4v) is 1.35. The Morgan fingerprint density at radius 2 is 1.76 bits per heavy atom. The highest BCUT2D eigenvalue weighted by molar-refractivity contribution is 5.82. The summed E-state index contributed by atoms with van der Waals surface area (Å²) in [5, 5.41) is 27.8. The Balaban J connectivity index is 2.99. The molecule has 0 heterocycles. The van der Waals surface area contributed by atoms with Gasteiger partial charge in [-0.05, 0) is 5.56 Å². The first kappa shape index (κ1) is 12.6. The lowest BCUT2D eigenvalue weighted by Crippen LogP contribution is -2.15. The monoisotopic (exact) mass is 239 g/mol. The van der Waals surface area contributed by atoms with Gasteiger partial charge in [0, 0.05) is 12.1 Å². The van der Waals surface area contributed by atoms with Crippen LogP contribution in [0.5, 0.6) is 0 Å². The topological polar surface area (TPSA) is 118 Å². The molecule has 1 aromatic rings. The van der Waals surface area contributed by atoms with Crippen LogP contribution in [-0.4, -0.2) is 27.1 Å². The van der Waals surface area contributed by atoms with Crippen molar-refractivity contribution in [2.45, 2.75) is 12.3 Å². The normalized spacial score (nSPS) is 11.8. The van der Waals surface area contributed by atoms with E-state index < -0.39 is 29.2 Å². The van der Waals surface area contributed by atoms with Crippen LogP contribution in [0.25, 0.3) is 0 Å². The molecule has 1 atom stereocenters. The first-order chi connectivity index (χ1) is 7.91. The number of aliphatic carboxylic acids is 2. The second-order valence-electron chi connectivity index (χ2n) is 3.34.